The minimum Gasteiger partial charge on any atom is -0.371 e. The summed E-state index contributed by atoms with van der Waals surface area (Å²) in [6.45, 7) is 3.94. The zero-order valence-electron chi connectivity index (χ0n) is 12.1. The molecule has 0 fully saturated rings. The molecule has 0 saturated heterocycles. The van der Waals surface area contributed by atoms with Crippen LogP contribution in [0.4, 0.5) is 0 Å². The molecule has 0 aliphatic carbocycles. The molecule has 1 aromatic carbocycles. The lowest BCUT2D eigenvalue weighted by atomic mass is 9.92. The molecule has 2 nitrogen and oxygen atoms in total. The summed E-state index contributed by atoms with van der Waals surface area (Å²) in [6, 6.07) is 12.9. The van der Waals surface area contributed by atoms with Crippen LogP contribution in [0.3, 0.4) is 0 Å². The van der Waals surface area contributed by atoms with Gasteiger partial charge in [-0.2, -0.15) is 0 Å². The van der Waals surface area contributed by atoms with Crippen LogP contribution in [-0.2, 0) is 11.2 Å². The molecule has 0 radical (unpaired) electrons. The van der Waals surface area contributed by atoms with Gasteiger partial charge in [0.25, 0.3) is 0 Å². The van der Waals surface area contributed by atoms with Gasteiger partial charge < -0.3 is 10.1 Å². The minimum atomic E-state index is 0.0659. The van der Waals surface area contributed by atoms with Crippen LogP contribution >= 0.6 is 22.9 Å². The summed E-state index contributed by atoms with van der Waals surface area (Å²) < 4.78 is 6.96. The predicted octanol–water partition coefficient (Wildman–Crippen LogP) is 4.76. The van der Waals surface area contributed by atoms with E-state index in [1.54, 1.807) is 11.3 Å². The first kappa shape index (κ1) is 15.0. The van der Waals surface area contributed by atoms with Crippen molar-refractivity contribution in [3.8, 4) is 0 Å². The van der Waals surface area contributed by atoms with Crippen molar-refractivity contribution in [3.63, 3.8) is 0 Å². The van der Waals surface area contributed by atoms with Gasteiger partial charge in [-0.05, 0) is 42.6 Å². The normalized spacial score (nSPS) is 19.2. The van der Waals surface area contributed by atoms with Gasteiger partial charge in [-0.15, -0.1) is 11.3 Å². The minimum absolute atomic E-state index is 0.0659. The van der Waals surface area contributed by atoms with Crippen LogP contribution in [-0.4, -0.2) is 13.2 Å². The van der Waals surface area contributed by atoms with Crippen molar-refractivity contribution in [1.82, 2.24) is 5.32 Å². The Morgan fingerprint density at radius 1 is 1.33 bits per heavy atom. The Hall–Kier alpha value is -0.870. The molecule has 4 heteroatoms. The number of rotatable bonds is 5. The number of thiophene rings is 1. The Morgan fingerprint density at radius 2 is 2.19 bits per heavy atom. The molecule has 1 N–H and O–H groups in total. The van der Waals surface area contributed by atoms with E-state index in [0.717, 1.165) is 30.3 Å². The fourth-order valence-corrected chi connectivity index (χ4v) is 4.01. The summed E-state index contributed by atoms with van der Waals surface area (Å²) in [7, 11) is 0. The van der Waals surface area contributed by atoms with Crippen molar-refractivity contribution < 1.29 is 4.74 Å². The summed E-state index contributed by atoms with van der Waals surface area (Å²) in [4.78, 5) is 1.25. The number of fused-ring (bicyclic) bond motifs is 1. The van der Waals surface area contributed by atoms with Crippen LogP contribution in [0.1, 0.15) is 41.5 Å². The molecule has 3 rings (SSSR count). The maximum Gasteiger partial charge on any atom is 0.103 e. The lowest BCUT2D eigenvalue weighted by Gasteiger charge is -2.32. The molecule has 112 valence electrons. The zero-order chi connectivity index (χ0) is 14.7. The van der Waals surface area contributed by atoms with Crippen LogP contribution in [0, 0.1) is 0 Å². The highest BCUT2D eigenvalue weighted by atomic mass is 35.5. The second kappa shape index (κ2) is 6.93. The standard InChI is InChI=1S/C17H20ClNOS/c1-2-10-19-16(14-7-8-15(18)21-14)17-13-6-4-3-5-12(13)9-11-20-17/h3-8,16-17,19H,2,9-11H2,1H3. The zero-order valence-corrected chi connectivity index (χ0v) is 13.7. The van der Waals surface area contributed by atoms with Crippen molar-refractivity contribution in [1.29, 1.82) is 0 Å². The fraction of sp³-hybridized carbons (Fsp3) is 0.412. The SMILES string of the molecule is CCCNC(c1ccc(Cl)s1)C1OCCc2ccccc21. The molecular weight excluding hydrogens is 302 g/mol. The third-order valence-electron chi connectivity index (χ3n) is 3.85. The molecule has 1 aliphatic rings. The summed E-state index contributed by atoms with van der Waals surface area (Å²) in [6.07, 6.45) is 2.17. The van der Waals surface area contributed by atoms with Gasteiger partial charge in [0.15, 0.2) is 0 Å². The largest absolute Gasteiger partial charge is 0.371 e. The summed E-state index contributed by atoms with van der Waals surface area (Å²) in [5.41, 5.74) is 2.71. The Bertz CT molecular complexity index is 598. The summed E-state index contributed by atoms with van der Waals surface area (Å²) in [5, 5.41) is 3.64. The second-order valence-electron chi connectivity index (χ2n) is 5.31. The molecule has 21 heavy (non-hydrogen) atoms. The molecule has 2 heterocycles. The topological polar surface area (TPSA) is 21.3 Å². The van der Waals surface area contributed by atoms with Crippen LogP contribution in [0.5, 0.6) is 0 Å². The number of halogens is 1. The highest BCUT2D eigenvalue weighted by Crippen LogP contribution is 2.40. The van der Waals surface area contributed by atoms with Gasteiger partial charge in [0.05, 0.1) is 17.0 Å². The molecule has 2 unspecified atom stereocenters. The Kier molecular flexibility index (Phi) is 4.96. The maximum absolute atomic E-state index is 6.13. The van der Waals surface area contributed by atoms with Crippen molar-refractivity contribution in [2.24, 2.45) is 0 Å². The first-order valence-electron chi connectivity index (χ1n) is 7.47. The smallest absolute Gasteiger partial charge is 0.103 e. The van der Waals surface area contributed by atoms with Crippen LogP contribution in [0.25, 0.3) is 0 Å². The number of hydrogen-bond acceptors (Lipinski definition) is 3. The third-order valence-corrected chi connectivity index (χ3v) is 5.16. The quantitative estimate of drug-likeness (QED) is 0.857. The highest BCUT2D eigenvalue weighted by molar-refractivity contribution is 7.16. The van der Waals surface area contributed by atoms with Crippen molar-refractivity contribution >= 4 is 22.9 Å². The van der Waals surface area contributed by atoms with Gasteiger partial charge in [0, 0.05) is 4.88 Å². The van der Waals surface area contributed by atoms with E-state index in [4.69, 9.17) is 16.3 Å². The highest BCUT2D eigenvalue weighted by Gasteiger charge is 2.30. The van der Waals surface area contributed by atoms with Crippen molar-refractivity contribution in [3.05, 3.63) is 56.7 Å². The summed E-state index contributed by atoms with van der Waals surface area (Å²) in [5.74, 6) is 0. The summed E-state index contributed by atoms with van der Waals surface area (Å²) >= 11 is 7.77. The van der Waals surface area contributed by atoms with Crippen LogP contribution < -0.4 is 5.32 Å². The molecule has 0 bridgehead atoms. The van der Waals surface area contributed by atoms with E-state index in [-0.39, 0.29) is 12.1 Å². The maximum atomic E-state index is 6.13. The Morgan fingerprint density at radius 3 is 2.95 bits per heavy atom. The van der Waals surface area contributed by atoms with E-state index in [1.807, 2.05) is 6.07 Å². The number of hydrogen-bond donors (Lipinski definition) is 1. The van der Waals surface area contributed by atoms with Crippen molar-refractivity contribution in [2.45, 2.75) is 31.9 Å². The van der Waals surface area contributed by atoms with E-state index in [2.05, 4.69) is 42.6 Å². The Labute approximate surface area is 135 Å². The van der Waals surface area contributed by atoms with Gasteiger partial charge in [-0.25, -0.2) is 0 Å². The number of benzene rings is 1. The van der Waals surface area contributed by atoms with E-state index in [1.165, 1.54) is 16.0 Å². The predicted molar refractivity (Wildman–Crippen MR) is 89.2 cm³/mol. The van der Waals surface area contributed by atoms with Gasteiger partial charge in [0.1, 0.15) is 6.10 Å². The molecule has 0 amide bonds. The van der Waals surface area contributed by atoms with Gasteiger partial charge >= 0.3 is 0 Å². The van der Waals surface area contributed by atoms with E-state index >= 15 is 0 Å². The lowest BCUT2D eigenvalue weighted by molar-refractivity contribution is 0.0156. The molecule has 2 aromatic rings. The molecule has 1 aromatic heterocycles. The fourth-order valence-electron chi connectivity index (χ4n) is 2.85. The average molecular weight is 322 g/mol. The van der Waals surface area contributed by atoms with E-state index < -0.39 is 0 Å². The van der Waals surface area contributed by atoms with Crippen LogP contribution in [0.2, 0.25) is 4.34 Å². The molecule has 0 saturated carbocycles. The second-order valence-corrected chi connectivity index (χ2v) is 7.06. The molecule has 1 aliphatic heterocycles. The van der Waals surface area contributed by atoms with E-state index in [0.29, 0.717) is 0 Å². The first-order chi connectivity index (χ1) is 10.3. The third kappa shape index (κ3) is 3.32. The van der Waals surface area contributed by atoms with Crippen LogP contribution in [0.15, 0.2) is 36.4 Å². The lowest BCUT2D eigenvalue weighted by Crippen LogP contribution is -2.31. The number of ether oxygens (including phenoxy) is 1. The number of nitrogens with one attached hydrogen (secondary N) is 1. The van der Waals surface area contributed by atoms with Crippen molar-refractivity contribution in [2.75, 3.05) is 13.2 Å². The average Bonchev–Trinajstić information content (AvgIpc) is 2.94. The monoisotopic (exact) mass is 321 g/mol. The van der Waals surface area contributed by atoms with Gasteiger partial charge in [-0.3, -0.25) is 0 Å². The molecular formula is C17H20ClNOS. The van der Waals surface area contributed by atoms with Gasteiger partial charge in [-0.1, -0.05) is 42.8 Å². The Balaban J connectivity index is 1.93. The molecule has 2 atom stereocenters. The van der Waals surface area contributed by atoms with Gasteiger partial charge in [0.2, 0.25) is 0 Å². The molecule has 0 spiro atoms. The first-order valence-corrected chi connectivity index (χ1v) is 8.67. The van der Waals surface area contributed by atoms with E-state index in [9.17, 15) is 0 Å².